The van der Waals surface area contributed by atoms with Gasteiger partial charge in [0.1, 0.15) is 5.82 Å². The summed E-state index contributed by atoms with van der Waals surface area (Å²) in [6, 6.07) is 2.69. The average molecular weight is 329 g/mol. The molecule has 0 aliphatic rings. The second-order valence-corrected chi connectivity index (χ2v) is 6.77. The highest BCUT2D eigenvalue weighted by atomic mass is 31.2. The molecule has 0 atom stereocenters. The second-order valence-electron chi connectivity index (χ2n) is 5.13. The summed E-state index contributed by atoms with van der Waals surface area (Å²) in [6.45, 7) is 2.71. The van der Waals surface area contributed by atoms with E-state index in [0.29, 0.717) is 12.1 Å². The van der Waals surface area contributed by atoms with E-state index in [0.717, 1.165) is 19.3 Å². The van der Waals surface area contributed by atoms with E-state index < -0.39 is 19.8 Å². The van der Waals surface area contributed by atoms with E-state index in [9.17, 15) is 9.36 Å². The van der Waals surface area contributed by atoms with Gasteiger partial charge in [0.2, 0.25) is 0 Å². The van der Waals surface area contributed by atoms with Crippen LogP contribution in [0.1, 0.15) is 44.6 Å². The van der Waals surface area contributed by atoms with Crippen molar-refractivity contribution in [2.45, 2.75) is 45.2 Å². The lowest BCUT2D eigenvalue weighted by Gasteiger charge is -2.11. The summed E-state index contributed by atoms with van der Waals surface area (Å²) in [4.78, 5) is 33.8. The summed E-state index contributed by atoms with van der Waals surface area (Å²) in [7, 11) is -4.21. The third kappa shape index (κ3) is 8.12. The molecule has 0 saturated heterocycles. The van der Waals surface area contributed by atoms with Gasteiger partial charge in [-0.25, -0.2) is 9.78 Å². The summed E-state index contributed by atoms with van der Waals surface area (Å²) in [5.74, 6) is 0.175. The predicted molar refractivity (Wildman–Crippen MR) is 85.8 cm³/mol. The van der Waals surface area contributed by atoms with Gasteiger partial charge in [0.05, 0.1) is 6.16 Å². The second kappa shape index (κ2) is 9.56. The number of hydrogen-bond donors (Lipinski definition) is 4. The van der Waals surface area contributed by atoms with Crippen molar-refractivity contribution in [1.29, 1.82) is 0 Å². The molecule has 0 aliphatic heterocycles. The summed E-state index contributed by atoms with van der Waals surface area (Å²) in [5.41, 5.74) is 0.314. The Morgan fingerprint density at radius 3 is 2.68 bits per heavy atom. The number of nitrogens with zero attached hydrogens (tertiary/aromatic N) is 1. The number of anilines is 1. The smallest absolute Gasteiger partial charge is 0.330 e. The normalized spacial score (nSPS) is 11.2. The number of carbonyl (C=O) groups is 1. The van der Waals surface area contributed by atoms with Crippen LogP contribution in [0.25, 0.3) is 0 Å². The van der Waals surface area contributed by atoms with Crippen LogP contribution in [0.5, 0.6) is 0 Å². The van der Waals surface area contributed by atoms with Crippen LogP contribution in [0, 0.1) is 0 Å². The van der Waals surface area contributed by atoms with E-state index in [-0.39, 0.29) is 5.82 Å². The first-order valence-electron chi connectivity index (χ1n) is 7.45. The molecule has 1 heterocycles. The minimum Gasteiger partial charge on any atom is -0.338 e. The van der Waals surface area contributed by atoms with Gasteiger partial charge in [-0.05, 0) is 12.5 Å². The molecule has 4 N–H and O–H groups in total. The van der Waals surface area contributed by atoms with Crippen molar-refractivity contribution in [3.05, 3.63) is 23.9 Å². The zero-order valence-corrected chi connectivity index (χ0v) is 13.7. The number of urea groups is 1. The predicted octanol–water partition coefficient (Wildman–Crippen LogP) is 2.85. The van der Waals surface area contributed by atoms with Crippen LogP contribution >= 0.6 is 7.60 Å². The van der Waals surface area contributed by atoms with Crippen molar-refractivity contribution in [3.63, 3.8) is 0 Å². The Kier molecular flexibility index (Phi) is 8.09. The Morgan fingerprint density at radius 2 is 2.00 bits per heavy atom. The van der Waals surface area contributed by atoms with Gasteiger partial charge in [0, 0.05) is 18.3 Å². The fraction of sp³-hybridized carbons (Fsp3) is 0.571. The van der Waals surface area contributed by atoms with Gasteiger partial charge < -0.3 is 15.1 Å². The zero-order valence-electron chi connectivity index (χ0n) is 12.8. The molecule has 0 saturated carbocycles. The highest BCUT2D eigenvalue weighted by molar-refractivity contribution is 7.50. The molecule has 1 rings (SSSR count). The molecule has 0 spiro atoms. The Balaban J connectivity index is 2.42. The summed E-state index contributed by atoms with van der Waals surface area (Å²) in [5, 5.41) is 5.24. The van der Waals surface area contributed by atoms with Gasteiger partial charge >= 0.3 is 13.6 Å². The monoisotopic (exact) mass is 329 g/mol. The maximum Gasteiger partial charge on any atom is 0.330 e. The Labute approximate surface area is 130 Å². The van der Waals surface area contributed by atoms with Gasteiger partial charge in [-0.2, -0.15) is 0 Å². The van der Waals surface area contributed by atoms with Crippen molar-refractivity contribution >= 4 is 19.4 Å². The fourth-order valence-electron chi connectivity index (χ4n) is 1.98. The SMILES string of the molecule is CCCCCCCNC(=O)Nc1ncccc1CP(=O)(O)O. The van der Waals surface area contributed by atoms with Crippen molar-refractivity contribution in [2.24, 2.45) is 0 Å². The standard InChI is InChI=1S/C14H24N3O4P/c1-2-3-4-5-6-9-16-14(18)17-13-12(8-7-10-15-13)11-22(19,20)21/h7-8,10H,2-6,9,11H2,1H3,(H2,19,20,21)(H2,15,16,17,18). The maximum atomic E-state index is 11.8. The van der Waals surface area contributed by atoms with E-state index in [2.05, 4.69) is 22.5 Å². The van der Waals surface area contributed by atoms with Crippen molar-refractivity contribution < 1.29 is 19.1 Å². The van der Waals surface area contributed by atoms with Crippen LogP contribution < -0.4 is 10.6 Å². The van der Waals surface area contributed by atoms with Gasteiger partial charge in [-0.15, -0.1) is 0 Å². The molecule has 2 amide bonds. The summed E-state index contributed by atoms with van der Waals surface area (Å²) < 4.78 is 11.1. The number of pyridine rings is 1. The molecule has 1 aromatic rings. The number of carbonyl (C=O) groups excluding carboxylic acids is 1. The minimum atomic E-state index is -4.21. The number of hydrogen-bond acceptors (Lipinski definition) is 3. The zero-order chi connectivity index (χ0) is 16.4. The van der Waals surface area contributed by atoms with Crippen molar-refractivity contribution in [1.82, 2.24) is 10.3 Å². The molecule has 0 aromatic carbocycles. The Bertz CT molecular complexity index is 519. The Morgan fingerprint density at radius 1 is 1.27 bits per heavy atom. The minimum absolute atomic E-state index is 0.175. The molecule has 124 valence electrons. The first-order chi connectivity index (χ1) is 10.4. The number of aromatic nitrogens is 1. The highest BCUT2D eigenvalue weighted by Crippen LogP contribution is 2.40. The van der Waals surface area contributed by atoms with E-state index >= 15 is 0 Å². The van der Waals surface area contributed by atoms with Crippen LogP contribution in [-0.2, 0) is 10.7 Å². The Hall–Kier alpha value is -1.43. The lowest BCUT2D eigenvalue weighted by molar-refractivity contribution is 0.251. The van der Waals surface area contributed by atoms with Crippen LogP contribution in [0.15, 0.2) is 18.3 Å². The molecule has 22 heavy (non-hydrogen) atoms. The molecule has 0 bridgehead atoms. The molecular formula is C14H24N3O4P. The highest BCUT2D eigenvalue weighted by Gasteiger charge is 2.18. The maximum absolute atomic E-state index is 11.8. The van der Waals surface area contributed by atoms with Crippen molar-refractivity contribution in [2.75, 3.05) is 11.9 Å². The van der Waals surface area contributed by atoms with Gasteiger partial charge in [-0.3, -0.25) is 9.88 Å². The molecule has 0 aliphatic carbocycles. The molecular weight excluding hydrogens is 305 g/mol. The summed E-state index contributed by atoms with van der Waals surface area (Å²) >= 11 is 0. The van der Waals surface area contributed by atoms with Crippen LogP contribution in [-0.4, -0.2) is 27.3 Å². The molecule has 8 heteroatoms. The van der Waals surface area contributed by atoms with Crippen LogP contribution in [0.2, 0.25) is 0 Å². The first-order valence-corrected chi connectivity index (χ1v) is 9.25. The molecule has 0 radical (unpaired) electrons. The number of amides is 2. The lowest BCUT2D eigenvalue weighted by atomic mass is 10.1. The van der Waals surface area contributed by atoms with Crippen molar-refractivity contribution in [3.8, 4) is 0 Å². The average Bonchev–Trinajstić information content (AvgIpc) is 2.43. The number of nitrogens with one attached hydrogen (secondary N) is 2. The van der Waals surface area contributed by atoms with E-state index in [1.54, 1.807) is 6.07 Å². The number of rotatable bonds is 9. The fourth-order valence-corrected chi connectivity index (χ4v) is 2.68. The molecule has 7 nitrogen and oxygen atoms in total. The van der Waals surface area contributed by atoms with Gasteiger partial charge in [0.15, 0.2) is 0 Å². The van der Waals surface area contributed by atoms with E-state index in [1.807, 2.05) is 0 Å². The van der Waals surface area contributed by atoms with Crippen LogP contribution in [0.3, 0.4) is 0 Å². The third-order valence-corrected chi connectivity index (χ3v) is 3.82. The topological polar surface area (TPSA) is 112 Å². The largest absolute Gasteiger partial charge is 0.338 e. The molecule has 0 unspecified atom stereocenters. The van der Waals surface area contributed by atoms with Gasteiger partial charge in [-0.1, -0.05) is 38.7 Å². The van der Waals surface area contributed by atoms with E-state index in [1.165, 1.54) is 25.1 Å². The van der Waals surface area contributed by atoms with Crippen LogP contribution in [0.4, 0.5) is 10.6 Å². The third-order valence-electron chi connectivity index (χ3n) is 3.07. The lowest BCUT2D eigenvalue weighted by Crippen LogP contribution is -2.30. The summed E-state index contributed by atoms with van der Waals surface area (Å²) in [6.07, 6.45) is 6.53. The number of unbranched alkanes of at least 4 members (excludes halogenated alkanes) is 4. The molecule has 1 aromatic heterocycles. The quantitative estimate of drug-likeness (QED) is 0.411. The first kappa shape index (κ1) is 18.6. The molecule has 0 fully saturated rings. The van der Waals surface area contributed by atoms with E-state index in [4.69, 9.17) is 9.79 Å². The van der Waals surface area contributed by atoms with Gasteiger partial charge in [0.25, 0.3) is 0 Å².